The normalized spacial score (nSPS) is 13.9. The minimum absolute atomic E-state index is 0.0528. The molecule has 5 nitrogen and oxygen atoms in total. The maximum absolute atomic E-state index is 12.2. The molecule has 0 radical (unpaired) electrons. The van der Waals surface area contributed by atoms with Crippen LogP contribution in [0, 0.1) is 10.1 Å². The highest BCUT2D eigenvalue weighted by Crippen LogP contribution is 2.22. The van der Waals surface area contributed by atoms with Crippen LogP contribution in [0.5, 0.6) is 0 Å². The van der Waals surface area contributed by atoms with Gasteiger partial charge in [-0.1, -0.05) is 19.1 Å². The lowest BCUT2D eigenvalue weighted by atomic mass is 10.2. The second-order valence-electron chi connectivity index (χ2n) is 4.77. The summed E-state index contributed by atoms with van der Waals surface area (Å²) in [6.45, 7) is 5.20. The molecule has 0 saturated heterocycles. The number of benzene rings is 1. The first-order valence-electron chi connectivity index (χ1n) is 6.91. The van der Waals surface area contributed by atoms with E-state index in [0.717, 1.165) is 25.8 Å². The van der Waals surface area contributed by atoms with Crippen molar-refractivity contribution >= 4 is 16.5 Å². The molecule has 2 unspecified atom stereocenters. The van der Waals surface area contributed by atoms with Gasteiger partial charge in [0.15, 0.2) is 0 Å². The minimum Gasteiger partial charge on any atom is -0.314 e. The topological polar surface area (TPSA) is 72.2 Å². The molecule has 112 valence electrons. The molecule has 6 heteroatoms. The van der Waals surface area contributed by atoms with Crippen LogP contribution in [-0.2, 0) is 10.8 Å². The molecule has 0 aromatic heterocycles. The van der Waals surface area contributed by atoms with Crippen LogP contribution in [0.4, 0.5) is 5.69 Å². The molecule has 0 aliphatic heterocycles. The number of para-hydroxylation sites is 1. The van der Waals surface area contributed by atoms with Gasteiger partial charge in [0.1, 0.15) is 4.90 Å². The van der Waals surface area contributed by atoms with Crippen molar-refractivity contribution < 1.29 is 9.13 Å². The molecular weight excluding hydrogens is 276 g/mol. The van der Waals surface area contributed by atoms with Crippen LogP contribution < -0.4 is 5.32 Å². The molecule has 0 heterocycles. The van der Waals surface area contributed by atoms with Crippen LogP contribution >= 0.6 is 0 Å². The van der Waals surface area contributed by atoms with Crippen LogP contribution in [0.3, 0.4) is 0 Å². The number of hydrogen-bond acceptors (Lipinski definition) is 4. The third kappa shape index (κ3) is 5.38. The van der Waals surface area contributed by atoms with E-state index in [4.69, 9.17) is 0 Å². The van der Waals surface area contributed by atoms with E-state index in [2.05, 4.69) is 19.2 Å². The van der Waals surface area contributed by atoms with Crippen molar-refractivity contribution in [3.05, 3.63) is 34.4 Å². The van der Waals surface area contributed by atoms with Gasteiger partial charge in [-0.25, -0.2) is 0 Å². The summed E-state index contributed by atoms with van der Waals surface area (Å²) in [7, 11) is -1.31. The molecular formula is C14H22N2O3S. The Kier molecular flexibility index (Phi) is 7.40. The second kappa shape index (κ2) is 8.81. The van der Waals surface area contributed by atoms with Gasteiger partial charge in [-0.15, -0.1) is 0 Å². The summed E-state index contributed by atoms with van der Waals surface area (Å²) in [5.74, 6) is 0.461. The standard InChI is InChI=1S/C14H22N2O3S/c1-3-10-15-12(2)7-6-11-20(19)14-9-5-4-8-13(14)16(17)18/h4-5,8-9,12,15H,3,6-7,10-11H2,1-2H3. The average molecular weight is 298 g/mol. The van der Waals surface area contributed by atoms with E-state index in [1.165, 1.54) is 6.07 Å². The molecule has 20 heavy (non-hydrogen) atoms. The molecule has 1 N–H and O–H groups in total. The zero-order valence-corrected chi connectivity index (χ0v) is 12.8. The fourth-order valence-electron chi connectivity index (χ4n) is 1.92. The summed E-state index contributed by atoms with van der Waals surface area (Å²) in [5.41, 5.74) is -0.0528. The molecule has 0 aliphatic rings. The highest BCUT2D eigenvalue weighted by atomic mass is 32.2. The van der Waals surface area contributed by atoms with Crippen LogP contribution in [0.2, 0.25) is 0 Å². The molecule has 0 saturated carbocycles. The molecule has 1 aromatic carbocycles. The molecule has 0 spiro atoms. The zero-order chi connectivity index (χ0) is 15.0. The number of hydrogen-bond donors (Lipinski definition) is 1. The Morgan fingerprint density at radius 3 is 2.75 bits per heavy atom. The SMILES string of the molecule is CCCNC(C)CCCS(=O)c1ccccc1[N+](=O)[O-]. The lowest BCUT2D eigenvalue weighted by Gasteiger charge is -2.12. The van der Waals surface area contributed by atoms with Crippen molar-refractivity contribution in [3.8, 4) is 0 Å². The Morgan fingerprint density at radius 1 is 1.40 bits per heavy atom. The molecule has 0 aliphatic carbocycles. The predicted molar refractivity (Wildman–Crippen MR) is 81.4 cm³/mol. The second-order valence-corrected chi connectivity index (χ2v) is 6.31. The maximum atomic E-state index is 12.2. The fraction of sp³-hybridized carbons (Fsp3) is 0.571. The molecule has 1 rings (SSSR count). The molecule has 0 bridgehead atoms. The quantitative estimate of drug-likeness (QED) is 0.562. The van der Waals surface area contributed by atoms with E-state index in [9.17, 15) is 14.3 Å². The Morgan fingerprint density at radius 2 is 2.10 bits per heavy atom. The first-order valence-corrected chi connectivity index (χ1v) is 8.23. The van der Waals surface area contributed by atoms with Crippen molar-refractivity contribution in [2.45, 2.75) is 44.0 Å². The first kappa shape index (κ1) is 16.8. The van der Waals surface area contributed by atoms with E-state index < -0.39 is 15.7 Å². The molecule has 1 aromatic rings. The van der Waals surface area contributed by atoms with Gasteiger partial charge in [-0.2, -0.15) is 0 Å². The van der Waals surface area contributed by atoms with Crippen LogP contribution in [0.15, 0.2) is 29.2 Å². The van der Waals surface area contributed by atoms with E-state index in [1.54, 1.807) is 18.2 Å². The summed E-state index contributed by atoms with van der Waals surface area (Å²) in [6.07, 6.45) is 2.80. The lowest BCUT2D eigenvalue weighted by Crippen LogP contribution is -2.26. The van der Waals surface area contributed by atoms with E-state index in [0.29, 0.717) is 16.7 Å². The Bertz CT molecular complexity index is 465. The number of nitrogens with one attached hydrogen (secondary N) is 1. The van der Waals surface area contributed by atoms with Gasteiger partial charge in [0.2, 0.25) is 0 Å². The van der Waals surface area contributed by atoms with Crippen LogP contribution in [-0.4, -0.2) is 27.5 Å². The Balaban J connectivity index is 2.49. The van der Waals surface area contributed by atoms with Gasteiger partial charge in [-0.05, 0) is 38.8 Å². The Labute approximate surface area is 122 Å². The lowest BCUT2D eigenvalue weighted by molar-refractivity contribution is -0.387. The van der Waals surface area contributed by atoms with E-state index >= 15 is 0 Å². The van der Waals surface area contributed by atoms with Gasteiger partial charge < -0.3 is 5.32 Å². The fourth-order valence-corrected chi connectivity index (χ4v) is 3.18. The summed E-state index contributed by atoms with van der Waals surface area (Å²) >= 11 is 0. The van der Waals surface area contributed by atoms with Crippen molar-refractivity contribution in [2.24, 2.45) is 0 Å². The molecule has 0 amide bonds. The molecule has 0 fully saturated rings. The number of nitro groups is 1. The number of rotatable bonds is 9. The summed E-state index contributed by atoms with van der Waals surface area (Å²) in [6, 6.07) is 6.64. The predicted octanol–water partition coefficient (Wildman–Crippen LogP) is 2.87. The number of nitrogens with zero attached hydrogens (tertiary/aromatic N) is 1. The first-order chi connectivity index (χ1) is 9.56. The summed E-state index contributed by atoms with van der Waals surface area (Å²) < 4.78 is 12.2. The minimum atomic E-state index is -1.31. The largest absolute Gasteiger partial charge is 0.314 e. The van der Waals surface area contributed by atoms with Gasteiger partial charge >= 0.3 is 0 Å². The third-order valence-electron chi connectivity index (χ3n) is 3.02. The zero-order valence-electron chi connectivity index (χ0n) is 12.0. The van der Waals surface area contributed by atoms with Gasteiger partial charge in [0.25, 0.3) is 5.69 Å². The molecule has 2 atom stereocenters. The van der Waals surface area contributed by atoms with Crippen LogP contribution in [0.25, 0.3) is 0 Å². The summed E-state index contributed by atoms with van der Waals surface area (Å²) in [5, 5.41) is 14.3. The third-order valence-corrected chi connectivity index (χ3v) is 4.51. The van der Waals surface area contributed by atoms with E-state index in [1.807, 2.05) is 0 Å². The highest BCUT2D eigenvalue weighted by molar-refractivity contribution is 7.85. The van der Waals surface area contributed by atoms with Crippen LogP contribution in [0.1, 0.15) is 33.1 Å². The number of nitro benzene ring substituents is 1. The van der Waals surface area contributed by atoms with Crippen molar-refractivity contribution in [2.75, 3.05) is 12.3 Å². The van der Waals surface area contributed by atoms with E-state index in [-0.39, 0.29) is 5.69 Å². The van der Waals surface area contributed by atoms with Gasteiger partial charge in [0, 0.05) is 17.9 Å². The van der Waals surface area contributed by atoms with Crippen molar-refractivity contribution in [1.29, 1.82) is 0 Å². The highest BCUT2D eigenvalue weighted by Gasteiger charge is 2.17. The smallest absolute Gasteiger partial charge is 0.285 e. The van der Waals surface area contributed by atoms with Gasteiger partial charge in [-0.3, -0.25) is 14.3 Å². The average Bonchev–Trinajstić information content (AvgIpc) is 2.44. The van der Waals surface area contributed by atoms with Gasteiger partial charge in [0.05, 0.1) is 15.7 Å². The Hall–Kier alpha value is -1.27. The monoisotopic (exact) mass is 298 g/mol. The maximum Gasteiger partial charge on any atom is 0.285 e. The van der Waals surface area contributed by atoms with Crippen molar-refractivity contribution in [1.82, 2.24) is 5.32 Å². The van der Waals surface area contributed by atoms with Crippen molar-refractivity contribution in [3.63, 3.8) is 0 Å². The summed E-state index contributed by atoms with van der Waals surface area (Å²) in [4.78, 5) is 10.7.